The number of aliphatic carboxylic acids is 1. The van der Waals surface area contributed by atoms with Crippen LogP contribution in [-0.2, 0) is 4.79 Å². The molecule has 2 rings (SSSR count). The molecule has 1 fully saturated rings. The molecule has 1 aliphatic heterocycles. The molecular weight excluding hydrogens is 274 g/mol. The van der Waals surface area contributed by atoms with Crippen molar-refractivity contribution >= 4 is 11.9 Å². The second kappa shape index (κ2) is 5.67. The summed E-state index contributed by atoms with van der Waals surface area (Å²) in [6, 6.07) is 0. The molecule has 114 valence electrons. The number of carbonyl (C=O) groups excluding carboxylic acids is 1. The molecule has 0 radical (unpaired) electrons. The molecule has 0 bridgehead atoms. The molecule has 2 N–H and O–H groups in total. The summed E-state index contributed by atoms with van der Waals surface area (Å²) in [5, 5.41) is 9.31. The average molecular weight is 293 g/mol. The summed E-state index contributed by atoms with van der Waals surface area (Å²) in [7, 11) is 0. The molecule has 7 heteroatoms. The van der Waals surface area contributed by atoms with Crippen molar-refractivity contribution in [1.29, 1.82) is 0 Å². The molecule has 1 atom stereocenters. The van der Waals surface area contributed by atoms with Crippen molar-refractivity contribution in [3.8, 4) is 0 Å². The van der Waals surface area contributed by atoms with Crippen molar-refractivity contribution in [2.75, 3.05) is 13.1 Å². The maximum absolute atomic E-state index is 12.3. The highest BCUT2D eigenvalue weighted by atomic mass is 16.4. The standard InChI is InChI=1S/C14H19N3O4/c1-14(2,13(20)21)9-4-3-5-17(8-9)12(19)10-6-16-11(18)7-15-10/h6-7,9H,3-5,8H2,1-2H3,(H,16,18)(H,20,21). The zero-order valence-corrected chi connectivity index (χ0v) is 12.1. The Morgan fingerprint density at radius 2 is 2.19 bits per heavy atom. The smallest absolute Gasteiger partial charge is 0.309 e. The fraction of sp³-hybridized carbons (Fsp3) is 0.571. The van der Waals surface area contributed by atoms with E-state index in [1.165, 1.54) is 6.20 Å². The van der Waals surface area contributed by atoms with Gasteiger partial charge < -0.3 is 15.0 Å². The van der Waals surface area contributed by atoms with Gasteiger partial charge in [0, 0.05) is 19.3 Å². The summed E-state index contributed by atoms with van der Waals surface area (Å²) in [6.07, 6.45) is 3.89. The van der Waals surface area contributed by atoms with E-state index in [2.05, 4.69) is 9.97 Å². The Hall–Kier alpha value is -2.18. The molecule has 1 aliphatic rings. The lowest BCUT2D eigenvalue weighted by molar-refractivity contribution is -0.151. The van der Waals surface area contributed by atoms with E-state index < -0.39 is 11.4 Å². The van der Waals surface area contributed by atoms with Gasteiger partial charge in [0.2, 0.25) is 0 Å². The first-order chi connectivity index (χ1) is 9.82. The van der Waals surface area contributed by atoms with Crippen LogP contribution in [0.3, 0.4) is 0 Å². The highest BCUT2D eigenvalue weighted by molar-refractivity contribution is 5.92. The van der Waals surface area contributed by atoms with Crippen LogP contribution in [0.15, 0.2) is 17.2 Å². The number of carboxylic acid groups (broad SMARTS) is 1. The number of hydrogen-bond acceptors (Lipinski definition) is 4. The fourth-order valence-corrected chi connectivity index (χ4v) is 2.55. The molecule has 0 spiro atoms. The number of hydrogen-bond donors (Lipinski definition) is 2. The number of amides is 1. The number of aromatic nitrogens is 2. The van der Waals surface area contributed by atoms with Crippen molar-refractivity contribution in [2.45, 2.75) is 26.7 Å². The van der Waals surface area contributed by atoms with E-state index in [0.29, 0.717) is 13.1 Å². The van der Waals surface area contributed by atoms with Gasteiger partial charge in [-0.3, -0.25) is 14.4 Å². The van der Waals surface area contributed by atoms with Crippen molar-refractivity contribution in [3.63, 3.8) is 0 Å². The van der Waals surface area contributed by atoms with Crippen molar-refractivity contribution < 1.29 is 14.7 Å². The zero-order valence-electron chi connectivity index (χ0n) is 12.1. The van der Waals surface area contributed by atoms with E-state index in [1.54, 1.807) is 18.7 Å². The predicted octanol–water partition coefficient (Wildman–Crippen LogP) is 0.733. The number of rotatable bonds is 3. The minimum atomic E-state index is -0.878. The van der Waals surface area contributed by atoms with Crippen LogP contribution >= 0.6 is 0 Å². The molecule has 21 heavy (non-hydrogen) atoms. The van der Waals surface area contributed by atoms with E-state index >= 15 is 0 Å². The average Bonchev–Trinajstić information content (AvgIpc) is 2.47. The Morgan fingerprint density at radius 1 is 1.48 bits per heavy atom. The highest BCUT2D eigenvalue weighted by Crippen LogP contribution is 2.34. The van der Waals surface area contributed by atoms with Crippen LogP contribution in [0.1, 0.15) is 37.2 Å². The molecule has 7 nitrogen and oxygen atoms in total. The predicted molar refractivity (Wildman–Crippen MR) is 74.9 cm³/mol. The van der Waals surface area contributed by atoms with Gasteiger partial charge in [-0.2, -0.15) is 0 Å². The third-order valence-corrected chi connectivity index (χ3v) is 4.17. The first-order valence-corrected chi connectivity index (χ1v) is 6.90. The van der Waals surface area contributed by atoms with Gasteiger partial charge in [0.05, 0.1) is 11.6 Å². The van der Waals surface area contributed by atoms with Crippen LogP contribution in [0.5, 0.6) is 0 Å². The van der Waals surface area contributed by atoms with Crippen molar-refractivity contribution in [1.82, 2.24) is 14.9 Å². The second-order valence-electron chi connectivity index (χ2n) is 5.91. The maximum atomic E-state index is 12.3. The Morgan fingerprint density at radius 3 is 2.76 bits per heavy atom. The van der Waals surface area contributed by atoms with Crippen LogP contribution < -0.4 is 5.56 Å². The maximum Gasteiger partial charge on any atom is 0.309 e. The van der Waals surface area contributed by atoms with Crippen LogP contribution in [0.25, 0.3) is 0 Å². The van der Waals surface area contributed by atoms with Gasteiger partial charge in [-0.15, -0.1) is 0 Å². The third-order valence-electron chi connectivity index (χ3n) is 4.17. The molecule has 0 aromatic carbocycles. The molecule has 1 amide bonds. The number of carbonyl (C=O) groups is 2. The van der Waals surface area contributed by atoms with Gasteiger partial charge in [0.1, 0.15) is 5.69 Å². The Kier molecular flexibility index (Phi) is 4.11. The number of aromatic amines is 1. The van der Waals surface area contributed by atoms with Crippen molar-refractivity contribution in [2.24, 2.45) is 11.3 Å². The SMILES string of the molecule is CC(C)(C(=O)O)C1CCCN(C(=O)c2c[nH]c(=O)cn2)C1. The van der Waals surface area contributed by atoms with E-state index in [9.17, 15) is 19.5 Å². The van der Waals surface area contributed by atoms with Gasteiger partial charge in [-0.05, 0) is 32.6 Å². The topological polar surface area (TPSA) is 103 Å². The first kappa shape index (κ1) is 15.2. The molecule has 2 heterocycles. The van der Waals surface area contributed by atoms with Gasteiger partial charge in [-0.25, -0.2) is 4.98 Å². The van der Waals surface area contributed by atoms with Gasteiger partial charge in [0.25, 0.3) is 11.5 Å². The summed E-state index contributed by atoms with van der Waals surface area (Å²) in [5.74, 6) is -1.24. The number of piperidine rings is 1. The number of likely N-dealkylation sites (tertiary alicyclic amines) is 1. The van der Waals surface area contributed by atoms with Crippen LogP contribution in [0.4, 0.5) is 0 Å². The Bertz CT molecular complexity index is 588. The lowest BCUT2D eigenvalue weighted by Crippen LogP contribution is -2.47. The Labute approximate surface area is 122 Å². The lowest BCUT2D eigenvalue weighted by Gasteiger charge is -2.39. The zero-order chi connectivity index (χ0) is 15.6. The number of nitrogens with zero attached hydrogens (tertiary/aromatic N) is 2. The van der Waals surface area contributed by atoms with Crippen LogP contribution in [-0.4, -0.2) is 44.9 Å². The summed E-state index contributed by atoms with van der Waals surface area (Å²) in [6.45, 7) is 4.34. The van der Waals surface area contributed by atoms with Crippen LogP contribution in [0.2, 0.25) is 0 Å². The van der Waals surface area contributed by atoms with Gasteiger partial charge >= 0.3 is 5.97 Å². The Balaban J connectivity index is 2.14. The first-order valence-electron chi connectivity index (χ1n) is 6.90. The van der Waals surface area contributed by atoms with E-state index in [1.807, 2.05) is 0 Å². The quantitative estimate of drug-likeness (QED) is 0.855. The molecule has 1 aromatic rings. The summed E-state index contributed by atoms with van der Waals surface area (Å²) in [5.41, 5.74) is -1.07. The summed E-state index contributed by atoms with van der Waals surface area (Å²) < 4.78 is 0. The van der Waals surface area contributed by atoms with Gasteiger partial charge in [-0.1, -0.05) is 0 Å². The highest BCUT2D eigenvalue weighted by Gasteiger charge is 2.40. The molecule has 1 unspecified atom stereocenters. The fourth-order valence-electron chi connectivity index (χ4n) is 2.55. The second-order valence-corrected chi connectivity index (χ2v) is 5.91. The van der Waals surface area contributed by atoms with E-state index in [0.717, 1.165) is 19.0 Å². The molecule has 0 saturated carbocycles. The molecule has 1 aromatic heterocycles. The molecular formula is C14H19N3O4. The molecule has 1 saturated heterocycles. The lowest BCUT2D eigenvalue weighted by atomic mass is 9.74. The van der Waals surface area contributed by atoms with E-state index in [4.69, 9.17) is 0 Å². The van der Waals surface area contributed by atoms with E-state index in [-0.39, 0.29) is 23.1 Å². The summed E-state index contributed by atoms with van der Waals surface area (Å²) >= 11 is 0. The summed E-state index contributed by atoms with van der Waals surface area (Å²) in [4.78, 5) is 42.5. The monoisotopic (exact) mass is 293 g/mol. The van der Waals surface area contributed by atoms with Gasteiger partial charge in [0.15, 0.2) is 0 Å². The van der Waals surface area contributed by atoms with Crippen molar-refractivity contribution in [3.05, 3.63) is 28.4 Å². The third kappa shape index (κ3) is 3.12. The number of carboxylic acids is 1. The largest absolute Gasteiger partial charge is 0.481 e. The van der Waals surface area contributed by atoms with Crippen LogP contribution in [0, 0.1) is 11.3 Å². The number of nitrogens with one attached hydrogen (secondary N) is 1. The molecule has 0 aliphatic carbocycles. The normalized spacial score (nSPS) is 19.3. The minimum Gasteiger partial charge on any atom is -0.481 e. The number of H-pyrrole nitrogens is 1. The minimum absolute atomic E-state index is 0.101.